The molecule has 4 heteroatoms. The Balaban J connectivity index is 2.43. The number of nitrogens with zero attached hydrogens (tertiary/aromatic N) is 3. The lowest BCUT2D eigenvalue weighted by atomic mass is 10.1. The summed E-state index contributed by atoms with van der Waals surface area (Å²) in [5, 5.41) is 7.71. The first-order valence-corrected chi connectivity index (χ1v) is 7.84. The third kappa shape index (κ3) is 3.71. The molecule has 0 saturated carbocycles. The van der Waals surface area contributed by atoms with Crippen molar-refractivity contribution in [2.75, 3.05) is 12.4 Å². The molecule has 2 aromatic heterocycles. The fourth-order valence-electron chi connectivity index (χ4n) is 2.41. The number of aromatic nitrogens is 3. The van der Waals surface area contributed by atoms with Crippen LogP contribution in [0, 0.1) is 6.92 Å². The number of nitrogens with one attached hydrogen (secondary N) is 1. The first kappa shape index (κ1) is 17.5. The number of pyridine rings is 1. The Hall–Kier alpha value is -2.88. The van der Waals surface area contributed by atoms with Gasteiger partial charge in [-0.2, -0.15) is 5.10 Å². The molecule has 0 aliphatic heterocycles. The molecule has 0 radical (unpaired) electrons. The highest BCUT2D eigenvalue weighted by atomic mass is 15.3. The van der Waals surface area contributed by atoms with Gasteiger partial charge in [0, 0.05) is 30.6 Å². The summed E-state index contributed by atoms with van der Waals surface area (Å²) in [6, 6.07) is 1.93. The van der Waals surface area contributed by atoms with Crippen LogP contribution in [0.1, 0.15) is 30.7 Å². The number of rotatable bonds is 6. The van der Waals surface area contributed by atoms with E-state index < -0.39 is 0 Å². The van der Waals surface area contributed by atoms with Gasteiger partial charge in [-0.05, 0) is 32.4 Å². The molecule has 0 aliphatic rings. The Morgan fingerprint density at radius 3 is 2.71 bits per heavy atom. The number of hydrogen-bond acceptors (Lipinski definition) is 3. The molecule has 0 atom stereocenters. The molecular weight excluding hydrogens is 296 g/mol. The quantitative estimate of drug-likeness (QED) is 0.778. The van der Waals surface area contributed by atoms with Gasteiger partial charge >= 0.3 is 0 Å². The van der Waals surface area contributed by atoms with Crippen LogP contribution in [0.25, 0.3) is 17.3 Å². The summed E-state index contributed by atoms with van der Waals surface area (Å²) >= 11 is 0. The second-order valence-corrected chi connectivity index (χ2v) is 5.75. The standard InChI is InChI=1S/C20H24N4/c1-7-17-19(11-12-22-20(17)21-6)24-13-18(16(5)23-24)15(4)10-8-9-14(2)3/h7-13H,1,4H2,2-3,5-6H3,(H,21,22)/b10-8-. The Bertz CT molecular complexity index is 818. The fourth-order valence-corrected chi connectivity index (χ4v) is 2.41. The van der Waals surface area contributed by atoms with Crippen LogP contribution in [-0.2, 0) is 0 Å². The molecule has 0 spiro atoms. The second kappa shape index (κ2) is 7.59. The predicted molar refractivity (Wildman–Crippen MR) is 103 cm³/mol. The van der Waals surface area contributed by atoms with E-state index >= 15 is 0 Å². The van der Waals surface area contributed by atoms with E-state index in [1.54, 1.807) is 12.3 Å². The predicted octanol–water partition coefficient (Wildman–Crippen LogP) is 4.80. The first-order chi connectivity index (χ1) is 11.5. The zero-order chi connectivity index (χ0) is 17.7. The van der Waals surface area contributed by atoms with Crippen LogP contribution in [0.5, 0.6) is 0 Å². The zero-order valence-corrected chi connectivity index (χ0v) is 14.8. The van der Waals surface area contributed by atoms with E-state index in [-0.39, 0.29) is 0 Å². The molecule has 0 amide bonds. The van der Waals surface area contributed by atoms with E-state index in [4.69, 9.17) is 0 Å². The molecule has 1 N–H and O–H groups in total. The monoisotopic (exact) mass is 320 g/mol. The molecular formula is C20H24N4. The summed E-state index contributed by atoms with van der Waals surface area (Å²) in [7, 11) is 1.84. The number of allylic oxidation sites excluding steroid dienone is 5. The molecule has 2 rings (SSSR count). The van der Waals surface area contributed by atoms with Gasteiger partial charge in [0.25, 0.3) is 0 Å². The normalized spacial score (nSPS) is 10.7. The van der Waals surface area contributed by atoms with Crippen LogP contribution < -0.4 is 5.32 Å². The van der Waals surface area contributed by atoms with Crippen LogP contribution in [-0.4, -0.2) is 21.8 Å². The van der Waals surface area contributed by atoms with Crippen molar-refractivity contribution < 1.29 is 0 Å². The highest BCUT2D eigenvalue weighted by Crippen LogP contribution is 2.25. The highest BCUT2D eigenvalue weighted by Gasteiger charge is 2.12. The smallest absolute Gasteiger partial charge is 0.135 e. The average Bonchev–Trinajstić information content (AvgIpc) is 2.95. The summed E-state index contributed by atoms with van der Waals surface area (Å²) in [6.45, 7) is 14.2. The largest absolute Gasteiger partial charge is 0.373 e. The Morgan fingerprint density at radius 2 is 2.08 bits per heavy atom. The van der Waals surface area contributed by atoms with Crippen molar-refractivity contribution in [2.45, 2.75) is 20.8 Å². The van der Waals surface area contributed by atoms with E-state index in [1.807, 2.05) is 43.1 Å². The maximum atomic E-state index is 4.63. The van der Waals surface area contributed by atoms with Gasteiger partial charge < -0.3 is 5.32 Å². The Kier molecular flexibility index (Phi) is 5.53. The minimum absolute atomic E-state index is 0.777. The molecule has 0 bridgehead atoms. The van der Waals surface area contributed by atoms with Gasteiger partial charge in [0.15, 0.2) is 0 Å². The zero-order valence-electron chi connectivity index (χ0n) is 14.8. The van der Waals surface area contributed by atoms with Gasteiger partial charge in [0.2, 0.25) is 0 Å². The Morgan fingerprint density at radius 1 is 1.33 bits per heavy atom. The van der Waals surface area contributed by atoms with Crippen molar-refractivity contribution in [3.8, 4) is 5.69 Å². The molecule has 2 heterocycles. The average molecular weight is 320 g/mol. The van der Waals surface area contributed by atoms with Gasteiger partial charge in [-0.25, -0.2) is 9.67 Å². The van der Waals surface area contributed by atoms with E-state index in [2.05, 4.69) is 48.5 Å². The summed E-state index contributed by atoms with van der Waals surface area (Å²) in [5.41, 5.74) is 5.98. The SMILES string of the molecule is C=Cc1c(-n2cc(C(=C)/C=C\C=C(C)C)c(C)n2)ccnc1NC. The van der Waals surface area contributed by atoms with Crippen molar-refractivity contribution in [3.63, 3.8) is 0 Å². The molecule has 4 nitrogen and oxygen atoms in total. The molecule has 0 unspecified atom stereocenters. The number of hydrogen-bond donors (Lipinski definition) is 1. The third-order valence-electron chi connectivity index (χ3n) is 3.63. The molecule has 2 aromatic rings. The van der Waals surface area contributed by atoms with E-state index in [0.717, 1.165) is 33.9 Å². The van der Waals surface area contributed by atoms with Gasteiger partial charge in [0.05, 0.1) is 11.4 Å². The third-order valence-corrected chi connectivity index (χ3v) is 3.63. The lowest BCUT2D eigenvalue weighted by molar-refractivity contribution is 0.858. The summed E-state index contributed by atoms with van der Waals surface area (Å²) in [4.78, 5) is 4.32. The maximum Gasteiger partial charge on any atom is 0.135 e. The van der Waals surface area contributed by atoms with Gasteiger partial charge in [0.1, 0.15) is 5.82 Å². The summed E-state index contributed by atoms with van der Waals surface area (Å²) < 4.78 is 1.85. The number of aryl methyl sites for hydroxylation is 1. The van der Waals surface area contributed by atoms with Gasteiger partial charge in [-0.1, -0.05) is 43.0 Å². The van der Waals surface area contributed by atoms with E-state index in [9.17, 15) is 0 Å². The van der Waals surface area contributed by atoms with Gasteiger partial charge in [-0.15, -0.1) is 0 Å². The molecule has 0 aromatic carbocycles. The second-order valence-electron chi connectivity index (χ2n) is 5.75. The van der Waals surface area contributed by atoms with Crippen LogP contribution in [0.3, 0.4) is 0 Å². The van der Waals surface area contributed by atoms with E-state index in [0.29, 0.717) is 0 Å². The van der Waals surface area contributed by atoms with Crippen LogP contribution in [0.15, 0.2) is 55.4 Å². The van der Waals surface area contributed by atoms with Crippen LogP contribution in [0.2, 0.25) is 0 Å². The van der Waals surface area contributed by atoms with Crippen molar-refractivity contribution in [1.82, 2.24) is 14.8 Å². The van der Waals surface area contributed by atoms with Crippen molar-refractivity contribution in [2.24, 2.45) is 0 Å². The topological polar surface area (TPSA) is 42.7 Å². The molecule has 0 saturated heterocycles. The molecule has 0 fully saturated rings. The first-order valence-electron chi connectivity index (χ1n) is 7.84. The van der Waals surface area contributed by atoms with Crippen molar-refractivity contribution in [1.29, 1.82) is 0 Å². The Labute approximate surface area is 143 Å². The lowest BCUT2D eigenvalue weighted by Crippen LogP contribution is -2.03. The summed E-state index contributed by atoms with van der Waals surface area (Å²) in [6.07, 6.45) is 11.6. The van der Waals surface area contributed by atoms with Crippen molar-refractivity contribution >= 4 is 17.5 Å². The molecule has 124 valence electrons. The molecule has 0 aliphatic carbocycles. The highest BCUT2D eigenvalue weighted by molar-refractivity contribution is 5.74. The van der Waals surface area contributed by atoms with Crippen molar-refractivity contribution in [3.05, 3.63) is 72.2 Å². The van der Waals surface area contributed by atoms with Gasteiger partial charge in [-0.3, -0.25) is 0 Å². The summed E-state index contributed by atoms with van der Waals surface area (Å²) in [5.74, 6) is 0.777. The van der Waals surface area contributed by atoms with E-state index in [1.165, 1.54) is 5.57 Å². The van der Waals surface area contributed by atoms with Crippen LogP contribution >= 0.6 is 0 Å². The minimum Gasteiger partial charge on any atom is -0.373 e. The number of anilines is 1. The lowest BCUT2D eigenvalue weighted by Gasteiger charge is -2.10. The molecule has 24 heavy (non-hydrogen) atoms. The fraction of sp³-hybridized carbons (Fsp3) is 0.200. The maximum absolute atomic E-state index is 4.63. The van der Waals surface area contributed by atoms with Crippen LogP contribution in [0.4, 0.5) is 5.82 Å². The minimum atomic E-state index is 0.777.